The fraction of sp³-hybridized carbons (Fsp3) is 0.417. The van der Waals surface area contributed by atoms with Crippen molar-refractivity contribution in [2.45, 2.75) is 20.4 Å². The lowest BCUT2D eigenvalue weighted by atomic mass is 10.1. The molecule has 0 saturated carbocycles. The second-order valence-electron chi connectivity index (χ2n) is 3.44. The molecule has 0 amide bonds. The Kier molecular flexibility index (Phi) is 4.84. The average Bonchev–Trinajstić information content (AvgIpc) is 2.20. The van der Waals surface area contributed by atoms with Crippen LogP contribution in [0, 0.1) is 6.92 Å². The van der Waals surface area contributed by atoms with Crippen LogP contribution in [0.15, 0.2) is 24.3 Å². The summed E-state index contributed by atoms with van der Waals surface area (Å²) in [5, 5.41) is 3.22. The van der Waals surface area contributed by atoms with Gasteiger partial charge in [0, 0.05) is 20.0 Å². The summed E-state index contributed by atoms with van der Waals surface area (Å²) in [5.41, 5.74) is 2.55. The first kappa shape index (κ1) is 11.7. The summed E-state index contributed by atoms with van der Waals surface area (Å²) in [5.74, 6) is -0.229. The van der Waals surface area contributed by atoms with Crippen LogP contribution in [-0.2, 0) is 16.1 Å². The standard InChI is InChI=1S/C12H17NO2/c1-10-5-3-4-6-12(10)9-13-7-8-15-11(2)14/h3-6,13H,7-9H2,1-2H3. The molecule has 0 radical (unpaired) electrons. The quantitative estimate of drug-likeness (QED) is 0.589. The molecule has 1 N–H and O–H groups in total. The molecule has 0 saturated heterocycles. The lowest BCUT2D eigenvalue weighted by Crippen LogP contribution is -2.20. The Balaban J connectivity index is 2.21. The van der Waals surface area contributed by atoms with Gasteiger partial charge in [-0.05, 0) is 18.1 Å². The van der Waals surface area contributed by atoms with Crippen LogP contribution >= 0.6 is 0 Å². The first-order valence-electron chi connectivity index (χ1n) is 5.08. The highest BCUT2D eigenvalue weighted by atomic mass is 16.5. The molecule has 1 rings (SSSR count). The van der Waals surface area contributed by atoms with Crippen LogP contribution < -0.4 is 5.32 Å². The van der Waals surface area contributed by atoms with Gasteiger partial charge in [0.25, 0.3) is 0 Å². The van der Waals surface area contributed by atoms with Gasteiger partial charge >= 0.3 is 5.97 Å². The van der Waals surface area contributed by atoms with Crippen molar-refractivity contribution in [1.82, 2.24) is 5.32 Å². The highest BCUT2D eigenvalue weighted by Crippen LogP contribution is 2.05. The molecule has 0 aliphatic carbocycles. The fourth-order valence-electron chi connectivity index (χ4n) is 1.30. The van der Waals surface area contributed by atoms with Gasteiger partial charge in [-0.15, -0.1) is 0 Å². The van der Waals surface area contributed by atoms with Gasteiger partial charge in [0.1, 0.15) is 6.61 Å². The summed E-state index contributed by atoms with van der Waals surface area (Å²) < 4.78 is 4.81. The van der Waals surface area contributed by atoms with E-state index in [2.05, 4.69) is 24.4 Å². The Hall–Kier alpha value is -1.35. The third kappa shape index (κ3) is 4.61. The Morgan fingerprint density at radius 2 is 2.13 bits per heavy atom. The number of rotatable bonds is 5. The van der Waals surface area contributed by atoms with Crippen molar-refractivity contribution >= 4 is 5.97 Å². The Morgan fingerprint density at radius 3 is 2.80 bits per heavy atom. The summed E-state index contributed by atoms with van der Waals surface area (Å²) in [7, 11) is 0. The molecule has 3 nitrogen and oxygen atoms in total. The number of carbonyl (C=O) groups is 1. The zero-order valence-corrected chi connectivity index (χ0v) is 9.25. The largest absolute Gasteiger partial charge is 0.465 e. The van der Waals surface area contributed by atoms with Crippen LogP contribution in [-0.4, -0.2) is 19.1 Å². The zero-order valence-electron chi connectivity index (χ0n) is 9.25. The number of nitrogens with one attached hydrogen (secondary N) is 1. The molecule has 0 aliphatic heterocycles. The molecule has 15 heavy (non-hydrogen) atoms. The number of esters is 1. The van der Waals surface area contributed by atoms with E-state index < -0.39 is 0 Å². The predicted octanol–water partition coefficient (Wildman–Crippen LogP) is 1.65. The van der Waals surface area contributed by atoms with Crippen LogP contribution in [0.25, 0.3) is 0 Å². The number of hydrogen-bond acceptors (Lipinski definition) is 3. The summed E-state index contributed by atoms with van der Waals surface area (Å²) in [6.45, 7) is 5.44. The number of benzene rings is 1. The molecule has 0 fully saturated rings. The van der Waals surface area contributed by atoms with E-state index in [9.17, 15) is 4.79 Å². The van der Waals surface area contributed by atoms with Gasteiger partial charge in [0.2, 0.25) is 0 Å². The van der Waals surface area contributed by atoms with Crippen LogP contribution in [0.1, 0.15) is 18.1 Å². The van der Waals surface area contributed by atoms with Gasteiger partial charge in [-0.3, -0.25) is 4.79 Å². The average molecular weight is 207 g/mol. The predicted molar refractivity (Wildman–Crippen MR) is 59.5 cm³/mol. The van der Waals surface area contributed by atoms with Gasteiger partial charge in [0.15, 0.2) is 0 Å². The van der Waals surface area contributed by atoms with E-state index in [1.165, 1.54) is 18.1 Å². The maximum absolute atomic E-state index is 10.5. The third-order valence-corrected chi connectivity index (χ3v) is 2.16. The van der Waals surface area contributed by atoms with Crippen molar-refractivity contribution in [1.29, 1.82) is 0 Å². The van der Waals surface area contributed by atoms with E-state index in [-0.39, 0.29) is 5.97 Å². The molecule has 0 aromatic heterocycles. The molecule has 0 spiro atoms. The van der Waals surface area contributed by atoms with E-state index in [4.69, 9.17) is 4.74 Å². The second kappa shape index (κ2) is 6.19. The fourth-order valence-corrected chi connectivity index (χ4v) is 1.30. The Labute approximate surface area is 90.4 Å². The van der Waals surface area contributed by atoms with Gasteiger partial charge in [-0.25, -0.2) is 0 Å². The van der Waals surface area contributed by atoms with Crippen LogP contribution in [0.3, 0.4) is 0 Å². The second-order valence-corrected chi connectivity index (χ2v) is 3.44. The van der Waals surface area contributed by atoms with Crippen molar-refractivity contribution in [3.63, 3.8) is 0 Å². The van der Waals surface area contributed by atoms with E-state index in [0.29, 0.717) is 13.2 Å². The molecule has 0 heterocycles. The summed E-state index contributed by atoms with van der Waals surface area (Å²) in [6.07, 6.45) is 0. The van der Waals surface area contributed by atoms with Crippen LogP contribution in [0.4, 0.5) is 0 Å². The SMILES string of the molecule is CC(=O)OCCNCc1ccccc1C. The van der Waals surface area contributed by atoms with Gasteiger partial charge < -0.3 is 10.1 Å². The molecule has 0 atom stereocenters. The zero-order chi connectivity index (χ0) is 11.1. The van der Waals surface area contributed by atoms with Crippen molar-refractivity contribution in [2.24, 2.45) is 0 Å². The van der Waals surface area contributed by atoms with Gasteiger partial charge in [0.05, 0.1) is 0 Å². The van der Waals surface area contributed by atoms with E-state index >= 15 is 0 Å². The van der Waals surface area contributed by atoms with Crippen LogP contribution in [0.5, 0.6) is 0 Å². The lowest BCUT2D eigenvalue weighted by molar-refractivity contribution is -0.140. The monoisotopic (exact) mass is 207 g/mol. The number of hydrogen-bond donors (Lipinski definition) is 1. The Bertz CT molecular complexity index is 323. The normalized spacial score (nSPS) is 10.0. The number of ether oxygens (including phenoxy) is 1. The van der Waals surface area contributed by atoms with E-state index in [1.54, 1.807) is 0 Å². The molecule has 1 aromatic rings. The summed E-state index contributed by atoms with van der Waals surface area (Å²) >= 11 is 0. The number of carbonyl (C=O) groups excluding carboxylic acids is 1. The maximum atomic E-state index is 10.5. The topological polar surface area (TPSA) is 38.3 Å². The minimum Gasteiger partial charge on any atom is -0.465 e. The molecule has 82 valence electrons. The molecule has 0 unspecified atom stereocenters. The highest BCUT2D eigenvalue weighted by Gasteiger charge is 1.96. The smallest absolute Gasteiger partial charge is 0.302 e. The Morgan fingerprint density at radius 1 is 1.40 bits per heavy atom. The minimum atomic E-state index is -0.229. The van der Waals surface area contributed by atoms with Crippen molar-refractivity contribution in [2.75, 3.05) is 13.2 Å². The van der Waals surface area contributed by atoms with E-state index in [1.807, 2.05) is 12.1 Å². The highest BCUT2D eigenvalue weighted by molar-refractivity contribution is 5.65. The van der Waals surface area contributed by atoms with Crippen LogP contribution in [0.2, 0.25) is 0 Å². The van der Waals surface area contributed by atoms with Crippen molar-refractivity contribution in [3.8, 4) is 0 Å². The third-order valence-electron chi connectivity index (χ3n) is 2.16. The molecular formula is C12H17NO2. The molecule has 0 bridgehead atoms. The van der Waals surface area contributed by atoms with Crippen molar-refractivity contribution in [3.05, 3.63) is 35.4 Å². The maximum Gasteiger partial charge on any atom is 0.302 e. The van der Waals surface area contributed by atoms with Crippen molar-refractivity contribution < 1.29 is 9.53 Å². The first-order chi connectivity index (χ1) is 7.20. The molecule has 0 aliphatic rings. The minimum absolute atomic E-state index is 0.229. The van der Waals surface area contributed by atoms with Gasteiger partial charge in [-0.1, -0.05) is 24.3 Å². The van der Waals surface area contributed by atoms with Gasteiger partial charge in [-0.2, -0.15) is 0 Å². The summed E-state index contributed by atoms with van der Waals surface area (Å²) in [6, 6.07) is 8.23. The molecular weight excluding hydrogens is 190 g/mol. The molecule has 1 aromatic carbocycles. The molecule has 3 heteroatoms. The van der Waals surface area contributed by atoms with E-state index in [0.717, 1.165) is 6.54 Å². The summed E-state index contributed by atoms with van der Waals surface area (Å²) in [4.78, 5) is 10.5. The first-order valence-corrected chi connectivity index (χ1v) is 5.08. The lowest BCUT2D eigenvalue weighted by Gasteiger charge is -2.07. The number of aryl methyl sites for hydroxylation is 1.